The lowest BCUT2D eigenvalue weighted by atomic mass is 10.1. The first-order chi connectivity index (χ1) is 6.42. The summed E-state index contributed by atoms with van der Waals surface area (Å²) in [6.07, 6.45) is 0. The Bertz CT molecular complexity index is 335. The molecule has 1 heterocycles. The molecule has 4 nitrogen and oxygen atoms in total. The van der Waals surface area contributed by atoms with Gasteiger partial charge in [0.05, 0.1) is 0 Å². The van der Waals surface area contributed by atoms with Crippen molar-refractivity contribution in [2.24, 2.45) is 11.5 Å². The highest BCUT2D eigenvalue weighted by molar-refractivity contribution is 8.01. The minimum absolute atomic E-state index is 0.454. The van der Waals surface area contributed by atoms with Crippen molar-refractivity contribution in [3.05, 3.63) is 11.1 Å². The fourth-order valence-electron chi connectivity index (χ4n) is 0.681. The maximum atomic E-state index is 10.9. The lowest BCUT2D eigenvalue weighted by molar-refractivity contribution is -0.121. The molecule has 0 radical (unpaired) electrons. The first-order valence-corrected chi connectivity index (χ1v) is 5.92. The number of rotatable bonds is 4. The number of primary amides is 1. The highest BCUT2D eigenvalue weighted by Gasteiger charge is 2.26. The molecule has 1 aromatic rings. The molecule has 1 atom stereocenters. The highest BCUT2D eigenvalue weighted by atomic mass is 32.2. The van der Waals surface area contributed by atoms with E-state index in [9.17, 15) is 4.79 Å². The molecular formula is C8H13N3OS2. The molecule has 1 unspecified atom stereocenters. The number of aromatic nitrogens is 1. The normalized spacial score (nSPS) is 15.1. The molecule has 1 aromatic heterocycles. The SMILES string of the molecule is Cc1csc(SCC(C)(N)C(N)=O)n1. The third-order valence-electron chi connectivity index (χ3n) is 1.66. The Morgan fingerprint density at radius 3 is 2.86 bits per heavy atom. The first kappa shape index (κ1) is 11.5. The molecule has 0 bridgehead atoms. The lowest BCUT2D eigenvalue weighted by Crippen LogP contribution is -2.51. The third-order valence-corrected chi connectivity index (χ3v) is 4.13. The van der Waals surface area contributed by atoms with Gasteiger partial charge in [-0.3, -0.25) is 4.79 Å². The van der Waals surface area contributed by atoms with Crippen LogP contribution in [0.5, 0.6) is 0 Å². The minimum Gasteiger partial charge on any atom is -0.368 e. The largest absolute Gasteiger partial charge is 0.368 e. The van der Waals surface area contributed by atoms with Crippen molar-refractivity contribution in [3.8, 4) is 0 Å². The molecule has 78 valence electrons. The molecule has 14 heavy (non-hydrogen) atoms. The van der Waals surface area contributed by atoms with Crippen molar-refractivity contribution in [3.63, 3.8) is 0 Å². The van der Waals surface area contributed by atoms with Gasteiger partial charge in [-0.2, -0.15) is 0 Å². The van der Waals surface area contributed by atoms with Crippen LogP contribution < -0.4 is 11.5 Å². The molecule has 0 saturated heterocycles. The summed E-state index contributed by atoms with van der Waals surface area (Å²) in [4.78, 5) is 15.2. The Hall–Kier alpha value is -0.590. The number of hydrogen-bond donors (Lipinski definition) is 2. The van der Waals surface area contributed by atoms with Crippen molar-refractivity contribution in [2.45, 2.75) is 23.7 Å². The van der Waals surface area contributed by atoms with Gasteiger partial charge < -0.3 is 11.5 Å². The van der Waals surface area contributed by atoms with Gasteiger partial charge >= 0.3 is 0 Å². The summed E-state index contributed by atoms with van der Waals surface area (Å²) < 4.78 is 0.917. The third kappa shape index (κ3) is 2.97. The Morgan fingerprint density at radius 1 is 1.79 bits per heavy atom. The van der Waals surface area contributed by atoms with E-state index in [1.807, 2.05) is 12.3 Å². The summed E-state index contributed by atoms with van der Waals surface area (Å²) in [7, 11) is 0. The van der Waals surface area contributed by atoms with Crippen LogP contribution in [0.2, 0.25) is 0 Å². The molecule has 0 fully saturated rings. The molecule has 0 aliphatic rings. The van der Waals surface area contributed by atoms with Crippen LogP contribution in [0.3, 0.4) is 0 Å². The van der Waals surface area contributed by atoms with Crippen LogP contribution in [0, 0.1) is 6.92 Å². The average molecular weight is 231 g/mol. The molecule has 4 N–H and O–H groups in total. The van der Waals surface area contributed by atoms with Crippen LogP contribution in [0.15, 0.2) is 9.72 Å². The molecule has 0 saturated carbocycles. The maximum Gasteiger partial charge on any atom is 0.238 e. The number of nitrogens with two attached hydrogens (primary N) is 2. The van der Waals surface area contributed by atoms with Crippen LogP contribution in [0.4, 0.5) is 0 Å². The van der Waals surface area contributed by atoms with Gasteiger partial charge in [0.1, 0.15) is 9.88 Å². The Labute approximate surface area is 91.1 Å². The van der Waals surface area contributed by atoms with Gasteiger partial charge in [-0.1, -0.05) is 11.8 Å². The summed E-state index contributed by atoms with van der Waals surface area (Å²) in [5.41, 5.74) is 10.9. The standard InChI is InChI=1S/C8H13N3OS2/c1-5-3-13-7(11-5)14-4-8(2,10)6(9)12/h3H,4,10H2,1-2H3,(H2,9,12). The summed E-state index contributed by atoms with van der Waals surface area (Å²) in [6, 6.07) is 0. The summed E-state index contributed by atoms with van der Waals surface area (Å²) in [5.74, 6) is -0.0340. The molecular weight excluding hydrogens is 218 g/mol. The topological polar surface area (TPSA) is 82.0 Å². The Morgan fingerprint density at radius 2 is 2.43 bits per heavy atom. The van der Waals surface area contributed by atoms with Crippen molar-refractivity contribution >= 4 is 29.0 Å². The van der Waals surface area contributed by atoms with Gasteiger partial charge in [0.25, 0.3) is 0 Å². The molecule has 0 aliphatic carbocycles. The maximum absolute atomic E-state index is 10.9. The number of amides is 1. The zero-order chi connectivity index (χ0) is 10.8. The minimum atomic E-state index is -0.968. The second-order valence-corrected chi connectivity index (χ2v) is 5.41. The number of nitrogens with zero attached hydrogens (tertiary/aromatic N) is 1. The number of carbonyl (C=O) groups excluding carboxylic acids is 1. The van der Waals surface area contributed by atoms with E-state index in [1.54, 1.807) is 18.3 Å². The number of hydrogen-bond acceptors (Lipinski definition) is 5. The summed E-state index contributed by atoms with van der Waals surface area (Å²) >= 11 is 3.00. The second kappa shape index (κ2) is 4.29. The quantitative estimate of drug-likeness (QED) is 0.749. The zero-order valence-corrected chi connectivity index (χ0v) is 9.74. The fourth-order valence-corrected chi connectivity index (χ4v) is 2.57. The van der Waals surface area contributed by atoms with E-state index < -0.39 is 11.4 Å². The van der Waals surface area contributed by atoms with Crippen molar-refractivity contribution in [1.82, 2.24) is 4.98 Å². The second-order valence-electron chi connectivity index (χ2n) is 3.33. The van der Waals surface area contributed by atoms with Crippen molar-refractivity contribution < 1.29 is 4.79 Å². The molecule has 0 aliphatic heterocycles. The van der Waals surface area contributed by atoms with E-state index in [1.165, 1.54) is 11.8 Å². The van der Waals surface area contributed by atoms with Crippen molar-refractivity contribution in [2.75, 3.05) is 5.75 Å². The molecule has 0 aromatic carbocycles. The van der Waals surface area contributed by atoms with E-state index in [0.29, 0.717) is 5.75 Å². The number of carbonyl (C=O) groups is 1. The Kier molecular flexibility index (Phi) is 3.52. The lowest BCUT2D eigenvalue weighted by Gasteiger charge is -2.18. The number of thioether (sulfide) groups is 1. The highest BCUT2D eigenvalue weighted by Crippen LogP contribution is 2.24. The van der Waals surface area contributed by atoms with E-state index in [-0.39, 0.29) is 0 Å². The predicted octanol–water partition coefficient (Wildman–Crippen LogP) is 0.746. The molecule has 6 heteroatoms. The van der Waals surface area contributed by atoms with Gasteiger partial charge in [0.15, 0.2) is 0 Å². The predicted molar refractivity (Wildman–Crippen MR) is 59.4 cm³/mol. The first-order valence-electron chi connectivity index (χ1n) is 4.05. The van der Waals surface area contributed by atoms with Gasteiger partial charge in [0, 0.05) is 16.8 Å². The number of aryl methyl sites for hydroxylation is 1. The average Bonchev–Trinajstić information content (AvgIpc) is 2.48. The van der Waals surface area contributed by atoms with Gasteiger partial charge in [-0.25, -0.2) is 4.98 Å². The summed E-state index contributed by atoms with van der Waals surface area (Å²) in [5, 5.41) is 1.96. The van der Waals surface area contributed by atoms with E-state index in [4.69, 9.17) is 11.5 Å². The smallest absolute Gasteiger partial charge is 0.238 e. The Balaban J connectivity index is 2.52. The molecule has 1 amide bonds. The molecule has 1 rings (SSSR count). The van der Waals surface area contributed by atoms with Crippen LogP contribution in [-0.2, 0) is 4.79 Å². The van der Waals surface area contributed by atoms with E-state index in [0.717, 1.165) is 10.0 Å². The zero-order valence-electron chi connectivity index (χ0n) is 8.11. The van der Waals surface area contributed by atoms with Crippen LogP contribution >= 0.6 is 23.1 Å². The van der Waals surface area contributed by atoms with Crippen LogP contribution in [0.1, 0.15) is 12.6 Å². The summed E-state index contributed by atoms with van der Waals surface area (Å²) in [6.45, 7) is 3.55. The van der Waals surface area contributed by atoms with Gasteiger partial charge in [0.2, 0.25) is 5.91 Å². The van der Waals surface area contributed by atoms with E-state index in [2.05, 4.69) is 4.98 Å². The fraction of sp³-hybridized carbons (Fsp3) is 0.500. The van der Waals surface area contributed by atoms with Crippen molar-refractivity contribution in [1.29, 1.82) is 0 Å². The van der Waals surface area contributed by atoms with Gasteiger partial charge in [-0.05, 0) is 13.8 Å². The monoisotopic (exact) mass is 231 g/mol. The molecule has 0 spiro atoms. The van der Waals surface area contributed by atoms with Gasteiger partial charge in [-0.15, -0.1) is 11.3 Å². The van der Waals surface area contributed by atoms with Crippen LogP contribution in [0.25, 0.3) is 0 Å². The van der Waals surface area contributed by atoms with Crippen LogP contribution in [-0.4, -0.2) is 22.2 Å². The number of thiazole rings is 1. The van der Waals surface area contributed by atoms with E-state index >= 15 is 0 Å².